The molecule has 3 rings (SSSR count). The molecule has 0 spiro atoms. The van der Waals surface area contributed by atoms with Crippen molar-refractivity contribution < 1.29 is 23.5 Å². The average Bonchev–Trinajstić information content (AvgIpc) is 3.29. The van der Waals surface area contributed by atoms with Crippen molar-refractivity contribution in [3.05, 3.63) is 84.2 Å². The second kappa shape index (κ2) is 7.09. The molecule has 0 fully saturated rings. The van der Waals surface area contributed by atoms with Gasteiger partial charge in [-0.2, -0.15) is 0 Å². The van der Waals surface area contributed by atoms with Gasteiger partial charge in [-0.1, -0.05) is 18.2 Å². The minimum Gasteiger partial charge on any atom is -0.479 e. The summed E-state index contributed by atoms with van der Waals surface area (Å²) in [6.07, 6.45) is 2.92. The summed E-state index contributed by atoms with van der Waals surface area (Å²) < 4.78 is 10.6. The van der Waals surface area contributed by atoms with Crippen molar-refractivity contribution in [2.24, 2.45) is 0 Å². The molecule has 0 aliphatic rings. The summed E-state index contributed by atoms with van der Waals surface area (Å²) in [5, 5.41) is 12.6. The lowest BCUT2D eigenvalue weighted by atomic mass is 9.88. The summed E-state index contributed by atoms with van der Waals surface area (Å²) in [6, 6.07) is 15.2. The molecule has 2 heterocycles. The number of hydrogen-bond acceptors (Lipinski definition) is 4. The van der Waals surface area contributed by atoms with Crippen LogP contribution in [0.4, 0.5) is 0 Å². The molecule has 1 amide bonds. The van der Waals surface area contributed by atoms with Crippen LogP contribution in [-0.2, 0) is 17.6 Å². The Bertz CT molecular complexity index is 786. The predicted molar refractivity (Wildman–Crippen MR) is 89.1 cm³/mol. The van der Waals surface area contributed by atoms with E-state index in [0.717, 1.165) is 0 Å². The first-order valence-electron chi connectivity index (χ1n) is 7.75. The zero-order valence-corrected chi connectivity index (χ0v) is 13.3. The third kappa shape index (κ3) is 3.80. The first-order valence-corrected chi connectivity index (χ1v) is 7.75. The zero-order valence-electron chi connectivity index (χ0n) is 13.3. The van der Waals surface area contributed by atoms with Gasteiger partial charge in [0.2, 0.25) is 0 Å². The van der Waals surface area contributed by atoms with Gasteiger partial charge in [0, 0.05) is 18.4 Å². The van der Waals surface area contributed by atoms with Crippen molar-refractivity contribution in [1.82, 2.24) is 5.32 Å². The zero-order chi connectivity index (χ0) is 17.7. The molecule has 0 unspecified atom stereocenters. The second-order valence-corrected chi connectivity index (χ2v) is 5.72. The number of carboxylic acids is 1. The number of aliphatic carboxylic acids is 1. The molecule has 0 saturated carbocycles. The van der Waals surface area contributed by atoms with E-state index in [-0.39, 0.29) is 12.8 Å². The number of carbonyl (C=O) groups excluding carboxylic acids is 1. The van der Waals surface area contributed by atoms with Gasteiger partial charge in [-0.25, -0.2) is 4.79 Å². The van der Waals surface area contributed by atoms with Crippen LogP contribution in [-0.4, -0.2) is 22.5 Å². The highest BCUT2D eigenvalue weighted by atomic mass is 16.4. The number of rotatable bonds is 7. The van der Waals surface area contributed by atoms with Crippen molar-refractivity contribution in [3.63, 3.8) is 0 Å². The van der Waals surface area contributed by atoms with Crippen molar-refractivity contribution in [2.75, 3.05) is 0 Å². The minimum atomic E-state index is -1.59. The van der Waals surface area contributed by atoms with E-state index in [9.17, 15) is 14.7 Å². The number of amides is 1. The number of benzene rings is 1. The summed E-state index contributed by atoms with van der Waals surface area (Å²) in [5.74, 6) is -0.713. The molecule has 25 heavy (non-hydrogen) atoms. The van der Waals surface area contributed by atoms with Crippen LogP contribution in [0.2, 0.25) is 0 Å². The molecule has 1 aromatic carbocycles. The van der Waals surface area contributed by atoms with Crippen LogP contribution in [0, 0.1) is 0 Å². The fraction of sp³-hybridized carbons (Fsp3) is 0.158. The molecule has 3 aromatic rings. The van der Waals surface area contributed by atoms with Crippen LogP contribution in [0.25, 0.3) is 0 Å². The summed E-state index contributed by atoms with van der Waals surface area (Å²) in [5.41, 5.74) is -1.21. The minimum absolute atomic E-state index is 0.00535. The van der Waals surface area contributed by atoms with Crippen LogP contribution >= 0.6 is 0 Å². The smallest absolute Gasteiger partial charge is 0.330 e. The van der Waals surface area contributed by atoms with Crippen LogP contribution in [0.1, 0.15) is 21.9 Å². The topological polar surface area (TPSA) is 92.7 Å². The number of hydrogen-bond donors (Lipinski definition) is 2. The van der Waals surface area contributed by atoms with E-state index in [1.165, 1.54) is 12.5 Å². The SMILES string of the molecule is O=C(NC(Cc1ccco1)(Cc1ccco1)C(=O)O)c1ccccc1. The lowest BCUT2D eigenvalue weighted by Crippen LogP contribution is -2.57. The molecule has 0 saturated heterocycles. The summed E-state index contributed by atoms with van der Waals surface area (Å²) in [6.45, 7) is 0. The molecule has 0 aliphatic carbocycles. The molecule has 2 N–H and O–H groups in total. The molecule has 2 aromatic heterocycles. The Morgan fingerprint density at radius 3 is 1.88 bits per heavy atom. The molecule has 128 valence electrons. The Kier molecular flexibility index (Phi) is 4.70. The number of furan rings is 2. The van der Waals surface area contributed by atoms with Crippen molar-refractivity contribution in [3.8, 4) is 0 Å². The van der Waals surface area contributed by atoms with E-state index in [2.05, 4.69) is 5.32 Å². The van der Waals surface area contributed by atoms with Crippen LogP contribution in [0.3, 0.4) is 0 Å². The third-order valence-corrected chi connectivity index (χ3v) is 3.91. The van der Waals surface area contributed by atoms with Gasteiger partial charge >= 0.3 is 5.97 Å². The maximum atomic E-state index is 12.6. The fourth-order valence-electron chi connectivity index (χ4n) is 2.66. The van der Waals surface area contributed by atoms with Gasteiger partial charge in [-0.05, 0) is 36.4 Å². The quantitative estimate of drug-likeness (QED) is 0.690. The summed E-state index contributed by atoms with van der Waals surface area (Å²) in [4.78, 5) is 24.7. The van der Waals surface area contributed by atoms with Gasteiger partial charge in [-0.15, -0.1) is 0 Å². The number of carboxylic acid groups (broad SMARTS) is 1. The molecule has 6 heteroatoms. The van der Waals surface area contributed by atoms with Gasteiger partial charge in [0.15, 0.2) is 5.54 Å². The second-order valence-electron chi connectivity index (χ2n) is 5.72. The van der Waals surface area contributed by atoms with Crippen LogP contribution in [0.15, 0.2) is 76.0 Å². The van der Waals surface area contributed by atoms with Crippen LogP contribution in [0.5, 0.6) is 0 Å². The van der Waals surface area contributed by atoms with E-state index >= 15 is 0 Å². The average molecular weight is 339 g/mol. The van der Waals surface area contributed by atoms with E-state index in [1.54, 1.807) is 54.6 Å². The first-order chi connectivity index (χ1) is 12.1. The lowest BCUT2D eigenvalue weighted by molar-refractivity contribution is -0.144. The summed E-state index contributed by atoms with van der Waals surface area (Å²) in [7, 11) is 0. The highest BCUT2D eigenvalue weighted by Crippen LogP contribution is 2.22. The third-order valence-electron chi connectivity index (χ3n) is 3.91. The summed E-state index contributed by atoms with van der Waals surface area (Å²) >= 11 is 0. The molecular formula is C19H17NO5. The highest BCUT2D eigenvalue weighted by Gasteiger charge is 2.42. The Labute approximate surface area is 144 Å². The van der Waals surface area contributed by atoms with Gasteiger partial charge < -0.3 is 19.3 Å². The van der Waals surface area contributed by atoms with E-state index in [1.807, 2.05) is 0 Å². The Balaban J connectivity index is 1.94. The molecule has 0 bridgehead atoms. The molecule has 0 aliphatic heterocycles. The first kappa shape index (κ1) is 16.6. The molecule has 0 radical (unpaired) electrons. The highest BCUT2D eigenvalue weighted by molar-refractivity contribution is 5.98. The normalized spacial score (nSPS) is 11.2. The maximum Gasteiger partial charge on any atom is 0.330 e. The number of carbonyl (C=O) groups is 2. The lowest BCUT2D eigenvalue weighted by Gasteiger charge is -2.29. The Hall–Kier alpha value is -3.28. The molecule has 0 atom stereocenters. The van der Waals surface area contributed by atoms with E-state index < -0.39 is 17.4 Å². The molecule has 6 nitrogen and oxygen atoms in total. The van der Waals surface area contributed by atoms with E-state index in [4.69, 9.17) is 8.83 Å². The Morgan fingerprint density at radius 2 is 1.44 bits per heavy atom. The predicted octanol–water partition coefficient (Wildman–Crippen LogP) is 2.91. The van der Waals surface area contributed by atoms with Gasteiger partial charge in [-0.3, -0.25) is 4.79 Å². The fourth-order valence-corrected chi connectivity index (χ4v) is 2.66. The van der Waals surface area contributed by atoms with Crippen molar-refractivity contribution in [1.29, 1.82) is 0 Å². The van der Waals surface area contributed by atoms with Gasteiger partial charge in [0.1, 0.15) is 11.5 Å². The van der Waals surface area contributed by atoms with Gasteiger partial charge in [0.05, 0.1) is 12.5 Å². The van der Waals surface area contributed by atoms with Gasteiger partial charge in [0.25, 0.3) is 5.91 Å². The molecular weight excluding hydrogens is 322 g/mol. The monoisotopic (exact) mass is 339 g/mol. The number of nitrogens with one attached hydrogen (secondary N) is 1. The largest absolute Gasteiger partial charge is 0.479 e. The standard InChI is InChI=1S/C19H17NO5/c21-17(14-6-2-1-3-7-14)20-19(18(22)23,12-15-8-4-10-24-15)13-16-9-5-11-25-16/h1-11H,12-13H2,(H,20,21)(H,22,23). The van der Waals surface area contributed by atoms with Crippen molar-refractivity contribution in [2.45, 2.75) is 18.4 Å². The Morgan fingerprint density at radius 1 is 0.880 bits per heavy atom. The van der Waals surface area contributed by atoms with Crippen molar-refractivity contribution >= 4 is 11.9 Å². The maximum absolute atomic E-state index is 12.6. The van der Waals surface area contributed by atoms with Crippen LogP contribution < -0.4 is 5.32 Å². The van der Waals surface area contributed by atoms with E-state index in [0.29, 0.717) is 17.1 Å².